The number of rotatable bonds is 3. The van der Waals surface area contributed by atoms with Crippen molar-refractivity contribution in [2.45, 2.75) is 11.3 Å². The van der Waals surface area contributed by atoms with E-state index in [0.717, 1.165) is 5.56 Å². The monoisotopic (exact) mass is 198 g/mol. The molecule has 13 heavy (non-hydrogen) atoms. The SMILES string of the molecule is NC(C(=O)O)C(S)c1ccncc1. The van der Waals surface area contributed by atoms with E-state index in [1.807, 2.05) is 0 Å². The number of carboxylic acids is 1. The molecule has 2 unspecified atom stereocenters. The molecule has 0 bridgehead atoms. The highest BCUT2D eigenvalue weighted by atomic mass is 32.1. The van der Waals surface area contributed by atoms with Crippen LogP contribution < -0.4 is 5.73 Å². The van der Waals surface area contributed by atoms with Crippen LogP contribution in [-0.4, -0.2) is 22.1 Å². The van der Waals surface area contributed by atoms with Crippen LogP contribution in [0.1, 0.15) is 10.8 Å². The molecular formula is C8H10N2O2S. The first-order valence-electron chi connectivity index (χ1n) is 3.69. The topological polar surface area (TPSA) is 76.2 Å². The molecule has 0 aromatic carbocycles. The second-order valence-corrected chi connectivity index (χ2v) is 3.15. The van der Waals surface area contributed by atoms with E-state index in [-0.39, 0.29) is 0 Å². The molecule has 0 aliphatic heterocycles. The zero-order valence-corrected chi connectivity index (χ0v) is 7.69. The normalized spacial score (nSPS) is 14.9. The number of carboxylic acid groups (broad SMARTS) is 1. The van der Waals surface area contributed by atoms with Crippen LogP contribution in [0, 0.1) is 0 Å². The Morgan fingerprint density at radius 2 is 2.08 bits per heavy atom. The van der Waals surface area contributed by atoms with Gasteiger partial charge in [0, 0.05) is 12.4 Å². The van der Waals surface area contributed by atoms with Crippen molar-refractivity contribution in [2.75, 3.05) is 0 Å². The van der Waals surface area contributed by atoms with Crippen molar-refractivity contribution in [1.82, 2.24) is 4.98 Å². The second-order valence-electron chi connectivity index (χ2n) is 2.59. The van der Waals surface area contributed by atoms with E-state index in [1.54, 1.807) is 24.5 Å². The maximum atomic E-state index is 10.5. The largest absolute Gasteiger partial charge is 0.480 e. The molecule has 2 atom stereocenters. The highest BCUT2D eigenvalue weighted by Gasteiger charge is 2.21. The lowest BCUT2D eigenvalue weighted by molar-refractivity contribution is -0.138. The number of aromatic nitrogens is 1. The van der Waals surface area contributed by atoms with Crippen LogP contribution in [0.5, 0.6) is 0 Å². The third-order valence-corrected chi connectivity index (χ3v) is 2.29. The van der Waals surface area contributed by atoms with Crippen molar-refractivity contribution in [3.05, 3.63) is 30.1 Å². The van der Waals surface area contributed by atoms with Gasteiger partial charge < -0.3 is 10.8 Å². The predicted molar refractivity (Wildman–Crippen MR) is 51.6 cm³/mol. The molecule has 0 saturated carbocycles. The van der Waals surface area contributed by atoms with Crippen LogP contribution in [0.3, 0.4) is 0 Å². The van der Waals surface area contributed by atoms with Gasteiger partial charge in [0.2, 0.25) is 0 Å². The van der Waals surface area contributed by atoms with Crippen LogP contribution in [-0.2, 0) is 4.79 Å². The summed E-state index contributed by atoms with van der Waals surface area (Å²) in [6, 6.07) is 2.40. The lowest BCUT2D eigenvalue weighted by atomic mass is 10.1. The Labute approximate surface area is 81.2 Å². The molecule has 0 amide bonds. The Balaban J connectivity index is 2.79. The molecule has 1 heterocycles. The standard InChI is InChI=1S/C8H10N2O2S/c9-6(8(11)12)7(13)5-1-3-10-4-2-5/h1-4,6-7,13H,9H2,(H,11,12). The van der Waals surface area contributed by atoms with E-state index in [2.05, 4.69) is 17.6 Å². The Morgan fingerprint density at radius 1 is 1.54 bits per heavy atom. The summed E-state index contributed by atoms with van der Waals surface area (Å²) in [6.45, 7) is 0. The summed E-state index contributed by atoms with van der Waals surface area (Å²) < 4.78 is 0. The highest BCUT2D eigenvalue weighted by molar-refractivity contribution is 7.80. The van der Waals surface area contributed by atoms with Crippen molar-refractivity contribution in [3.63, 3.8) is 0 Å². The van der Waals surface area contributed by atoms with Crippen LogP contribution in [0.4, 0.5) is 0 Å². The van der Waals surface area contributed by atoms with E-state index >= 15 is 0 Å². The smallest absolute Gasteiger partial charge is 0.321 e. The third-order valence-electron chi connectivity index (χ3n) is 1.67. The molecule has 1 aromatic rings. The molecule has 0 fully saturated rings. The number of nitrogens with zero attached hydrogens (tertiary/aromatic N) is 1. The van der Waals surface area contributed by atoms with E-state index in [4.69, 9.17) is 10.8 Å². The number of thiol groups is 1. The fraction of sp³-hybridized carbons (Fsp3) is 0.250. The lowest BCUT2D eigenvalue weighted by Crippen LogP contribution is -2.34. The maximum Gasteiger partial charge on any atom is 0.321 e. The highest BCUT2D eigenvalue weighted by Crippen LogP contribution is 2.21. The van der Waals surface area contributed by atoms with Gasteiger partial charge in [0.05, 0.1) is 5.25 Å². The Hall–Kier alpha value is -1.07. The van der Waals surface area contributed by atoms with E-state index in [9.17, 15) is 4.79 Å². The number of hydrogen-bond donors (Lipinski definition) is 3. The number of hydrogen-bond acceptors (Lipinski definition) is 4. The van der Waals surface area contributed by atoms with Gasteiger partial charge in [-0.2, -0.15) is 12.6 Å². The molecule has 5 heteroatoms. The van der Waals surface area contributed by atoms with Crippen molar-refractivity contribution in [2.24, 2.45) is 5.73 Å². The number of carbonyl (C=O) groups is 1. The van der Waals surface area contributed by atoms with Crippen molar-refractivity contribution < 1.29 is 9.90 Å². The molecule has 0 radical (unpaired) electrons. The summed E-state index contributed by atoms with van der Waals surface area (Å²) in [6.07, 6.45) is 3.15. The molecule has 0 spiro atoms. The summed E-state index contributed by atoms with van der Waals surface area (Å²) in [5.41, 5.74) is 6.15. The summed E-state index contributed by atoms with van der Waals surface area (Å²) in [7, 11) is 0. The van der Waals surface area contributed by atoms with Crippen LogP contribution in [0.15, 0.2) is 24.5 Å². The Bertz CT molecular complexity index is 291. The summed E-state index contributed by atoms with van der Waals surface area (Å²) in [4.78, 5) is 14.3. The van der Waals surface area contributed by atoms with E-state index in [1.165, 1.54) is 0 Å². The molecule has 0 saturated heterocycles. The zero-order valence-electron chi connectivity index (χ0n) is 6.79. The Morgan fingerprint density at radius 3 is 2.54 bits per heavy atom. The number of pyridine rings is 1. The lowest BCUT2D eigenvalue weighted by Gasteiger charge is -2.14. The zero-order chi connectivity index (χ0) is 9.84. The fourth-order valence-corrected chi connectivity index (χ4v) is 1.20. The first-order valence-corrected chi connectivity index (χ1v) is 4.21. The quantitative estimate of drug-likeness (QED) is 0.617. The average molecular weight is 198 g/mol. The minimum Gasteiger partial charge on any atom is -0.480 e. The van der Waals surface area contributed by atoms with Crippen molar-refractivity contribution in [3.8, 4) is 0 Å². The summed E-state index contributed by atoms with van der Waals surface area (Å²) in [5.74, 6) is -1.06. The van der Waals surface area contributed by atoms with E-state index < -0.39 is 17.3 Å². The van der Waals surface area contributed by atoms with Crippen molar-refractivity contribution in [1.29, 1.82) is 0 Å². The molecule has 1 aromatic heterocycles. The Kier molecular flexibility index (Phi) is 3.27. The minimum absolute atomic E-state index is 0.500. The van der Waals surface area contributed by atoms with Gasteiger partial charge in [-0.25, -0.2) is 0 Å². The molecule has 1 rings (SSSR count). The van der Waals surface area contributed by atoms with Crippen LogP contribution >= 0.6 is 12.6 Å². The van der Waals surface area contributed by atoms with Gasteiger partial charge in [-0.1, -0.05) is 0 Å². The minimum atomic E-state index is -1.06. The van der Waals surface area contributed by atoms with Crippen LogP contribution in [0.25, 0.3) is 0 Å². The van der Waals surface area contributed by atoms with Gasteiger partial charge in [-0.3, -0.25) is 9.78 Å². The maximum absolute atomic E-state index is 10.5. The third kappa shape index (κ3) is 2.43. The molecular weight excluding hydrogens is 188 g/mol. The van der Waals surface area contributed by atoms with Gasteiger partial charge in [-0.15, -0.1) is 0 Å². The van der Waals surface area contributed by atoms with Crippen molar-refractivity contribution >= 4 is 18.6 Å². The van der Waals surface area contributed by atoms with Gasteiger partial charge in [0.15, 0.2) is 0 Å². The molecule has 0 aliphatic rings. The number of nitrogens with two attached hydrogens (primary N) is 1. The van der Waals surface area contributed by atoms with Gasteiger partial charge in [0.1, 0.15) is 6.04 Å². The molecule has 0 aliphatic carbocycles. The van der Waals surface area contributed by atoms with Gasteiger partial charge in [0.25, 0.3) is 0 Å². The summed E-state index contributed by atoms with van der Waals surface area (Å²) in [5, 5.41) is 8.12. The van der Waals surface area contributed by atoms with Gasteiger partial charge >= 0.3 is 5.97 Å². The number of aliphatic carboxylic acids is 1. The molecule has 70 valence electrons. The van der Waals surface area contributed by atoms with Gasteiger partial charge in [-0.05, 0) is 17.7 Å². The average Bonchev–Trinajstić information content (AvgIpc) is 2.17. The first-order chi connectivity index (χ1) is 6.13. The second kappa shape index (κ2) is 4.25. The van der Waals surface area contributed by atoms with E-state index in [0.29, 0.717) is 0 Å². The first kappa shape index (κ1) is 10.0. The predicted octanol–water partition coefficient (Wildman–Crippen LogP) is 0.464. The fourth-order valence-electron chi connectivity index (χ4n) is 0.903. The van der Waals surface area contributed by atoms with Crippen LogP contribution in [0.2, 0.25) is 0 Å². The molecule has 3 N–H and O–H groups in total. The molecule has 4 nitrogen and oxygen atoms in total. The summed E-state index contributed by atoms with van der Waals surface area (Å²) >= 11 is 4.12.